The quantitative estimate of drug-likeness (QED) is 0.866. The van der Waals surface area contributed by atoms with Crippen LogP contribution in [0.2, 0.25) is 0 Å². The number of aromatic nitrogens is 1. The number of nitrogens with zero attached hydrogens (tertiary/aromatic N) is 2. The summed E-state index contributed by atoms with van der Waals surface area (Å²) in [5.41, 5.74) is 1.91. The van der Waals surface area contributed by atoms with Crippen molar-refractivity contribution < 1.29 is 22.7 Å². The van der Waals surface area contributed by atoms with Crippen molar-refractivity contribution >= 4 is 16.8 Å². The van der Waals surface area contributed by atoms with Gasteiger partial charge in [-0.05, 0) is 42.5 Å². The van der Waals surface area contributed by atoms with Crippen molar-refractivity contribution in [1.29, 1.82) is 0 Å². The molecule has 1 N–H and O–H groups in total. The molecule has 0 saturated carbocycles. The maximum absolute atomic E-state index is 13.4. The highest BCUT2D eigenvalue weighted by atomic mass is 19.3. The molecule has 2 saturated heterocycles. The zero-order chi connectivity index (χ0) is 19.7. The van der Waals surface area contributed by atoms with Crippen LogP contribution in [-0.2, 0) is 9.53 Å². The number of rotatable bonds is 4. The van der Waals surface area contributed by atoms with Crippen molar-refractivity contribution in [1.82, 2.24) is 14.8 Å². The predicted molar refractivity (Wildman–Crippen MR) is 99.0 cm³/mol. The van der Waals surface area contributed by atoms with Crippen LogP contribution in [-0.4, -0.2) is 72.6 Å². The van der Waals surface area contributed by atoms with E-state index in [1.54, 1.807) is 11.0 Å². The Bertz CT molecular complexity index is 833. The number of hydrogen-bond donors (Lipinski definition) is 1. The van der Waals surface area contributed by atoms with Crippen molar-refractivity contribution in [2.75, 3.05) is 39.4 Å². The summed E-state index contributed by atoms with van der Waals surface area (Å²) in [5.74, 6) is -0.118. The number of nitrogens with one attached hydrogen (secondary N) is 1. The summed E-state index contributed by atoms with van der Waals surface area (Å²) < 4.78 is 44.4. The van der Waals surface area contributed by atoms with Crippen molar-refractivity contribution in [3.05, 3.63) is 35.8 Å². The molecule has 1 aromatic heterocycles. The Morgan fingerprint density at radius 2 is 2.04 bits per heavy atom. The number of halogens is 3. The first-order valence-corrected chi connectivity index (χ1v) is 9.68. The average molecular weight is 395 g/mol. The number of carbonyl (C=O) groups is 1. The molecule has 4 rings (SSSR count). The van der Waals surface area contributed by atoms with E-state index < -0.39 is 19.0 Å². The fraction of sp³-hybridized carbons (Fsp3) is 0.550. The highest BCUT2D eigenvalue weighted by Crippen LogP contribution is 2.33. The largest absolute Gasteiger partial charge is 0.378 e. The third kappa shape index (κ3) is 3.89. The highest BCUT2D eigenvalue weighted by Gasteiger charge is 2.35. The van der Waals surface area contributed by atoms with Crippen LogP contribution >= 0.6 is 0 Å². The van der Waals surface area contributed by atoms with Crippen LogP contribution in [0.5, 0.6) is 0 Å². The lowest BCUT2D eigenvalue weighted by molar-refractivity contribution is -0.145. The zero-order valence-corrected chi connectivity index (χ0v) is 15.5. The first-order chi connectivity index (χ1) is 13.5. The van der Waals surface area contributed by atoms with Crippen LogP contribution in [0.25, 0.3) is 10.9 Å². The van der Waals surface area contributed by atoms with E-state index >= 15 is 0 Å². The van der Waals surface area contributed by atoms with Crippen LogP contribution in [0.4, 0.5) is 13.2 Å². The molecule has 2 aliphatic rings. The molecule has 2 aromatic rings. The Morgan fingerprint density at radius 1 is 1.25 bits per heavy atom. The Labute approximate surface area is 161 Å². The molecule has 0 spiro atoms. The number of fused-ring (bicyclic) bond motifs is 1. The number of alkyl halides is 2. The smallest absolute Gasteiger partial charge is 0.251 e. The molecule has 3 heterocycles. The van der Waals surface area contributed by atoms with E-state index in [4.69, 9.17) is 4.74 Å². The normalized spacial score (nSPS) is 22.3. The Balaban J connectivity index is 1.41. The number of carbonyl (C=O) groups excluding carboxylic acids is 1. The number of H-pyrrole nitrogens is 1. The topological polar surface area (TPSA) is 48.6 Å². The third-order valence-corrected chi connectivity index (χ3v) is 5.82. The molecule has 1 unspecified atom stereocenters. The number of likely N-dealkylation sites (tertiary alicyclic amines) is 1. The Kier molecular flexibility index (Phi) is 5.59. The number of benzene rings is 1. The van der Waals surface area contributed by atoms with Gasteiger partial charge in [0.1, 0.15) is 11.9 Å². The molecular formula is C20H24F3N3O2. The fourth-order valence-electron chi connectivity index (χ4n) is 4.34. The molecule has 2 aliphatic heterocycles. The van der Waals surface area contributed by atoms with Crippen LogP contribution in [0.3, 0.4) is 0 Å². The molecule has 2 fully saturated rings. The van der Waals surface area contributed by atoms with Crippen LogP contribution in [0.15, 0.2) is 24.4 Å². The van der Waals surface area contributed by atoms with Crippen LogP contribution in [0.1, 0.15) is 24.3 Å². The van der Waals surface area contributed by atoms with Gasteiger partial charge in [-0.1, -0.05) is 0 Å². The molecule has 1 atom stereocenters. The molecule has 152 valence electrons. The summed E-state index contributed by atoms with van der Waals surface area (Å²) in [6, 6.07) is 4.10. The highest BCUT2D eigenvalue weighted by molar-refractivity contribution is 5.84. The van der Waals surface area contributed by atoms with Gasteiger partial charge >= 0.3 is 0 Å². The van der Waals surface area contributed by atoms with Crippen molar-refractivity contribution in [2.45, 2.75) is 31.2 Å². The minimum atomic E-state index is -2.47. The first kappa shape index (κ1) is 19.3. The number of ether oxygens (including phenoxy) is 1. The second-order valence-corrected chi connectivity index (χ2v) is 7.51. The standard InChI is InChI=1S/C20H24F3N3O2/c21-14-1-2-15-16(10-24-17(15)9-14)13-3-5-25(6-4-13)20(27)18-12-28-8-7-26(18)11-19(22)23/h1-2,9-10,13,18-19,24H,3-8,11-12H2. The molecule has 5 nitrogen and oxygen atoms in total. The van der Waals surface area contributed by atoms with Gasteiger partial charge in [0, 0.05) is 36.7 Å². The lowest BCUT2D eigenvalue weighted by Gasteiger charge is -2.39. The van der Waals surface area contributed by atoms with Gasteiger partial charge in [-0.25, -0.2) is 13.2 Å². The summed E-state index contributed by atoms with van der Waals surface area (Å²) in [4.78, 5) is 19.3. The monoisotopic (exact) mass is 395 g/mol. The second kappa shape index (κ2) is 8.13. The van der Waals surface area contributed by atoms with Crippen LogP contribution < -0.4 is 0 Å². The molecule has 28 heavy (non-hydrogen) atoms. The van der Waals surface area contributed by atoms with E-state index in [1.165, 1.54) is 17.0 Å². The van der Waals surface area contributed by atoms with E-state index in [-0.39, 0.29) is 24.2 Å². The molecule has 8 heteroatoms. The number of piperidine rings is 1. The van der Waals surface area contributed by atoms with Crippen molar-refractivity contribution in [3.63, 3.8) is 0 Å². The van der Waals surface area contributed by atoms with E-state index in [0.29, 0.717) is 26.2 Å². The van der Waals surface area contributed by atoms with E-state index in [1.807, 2.05) is 6.20 Å². The lowest BCUT2D eigenvalue weighted by Crippen LogP contribution is -2.56. The van der Waals surface area contributed by atoms with Crippen LogP contribution in [0, 0.1) is 5.82 Å². The maximum Gasteiger partial charge on any atom is 0.251 e. The minimum Gasteiger partial charge on any atom is -0.378 e. The number of aromatic amines is 1. The van der Waals surface area contributed by atoms with Gasteiger partial charge in [-0.15, -0.1) is 0 Å². The number of amides is 1. The minimum absolute atomic E-state index is 0.125. The van der Waals surface area contributed by atoms with Gasteiger partial charge in [0.15, 0.2) is 0 Å². The summed E-state index contributed by atoms with van der Waals surface area (Å²) >= 11 is 0. The third-order valence-electron chi connectivity index (χ3n) is 5.82. The van der Waals surface area contributed by atoms with Gasteiger partial charge in [0.2, 0.25) is 5.91 Å². The van der Waals surface area contributed by atoms with Gasteiger partial charge in [0.05, 0.1) is 19.8 Å². The maximum atomic E-state index is 13.4. The summed E-state index contributed by atoms with van der Waals surface area (Å²) in [7, 11) is 0. The summed E-state index contributed by atoms with van der Waals surface area (Å²) in [6.45, 7) is 1.65. The Morgan fingerprint density at radius 3 is 2.79 bits per heavy atom. The van der Waals surface area contributed by atoms with E-state index in [0.717, 1.165) is 29.3 Å². The van der Waals surface area contributed by atoms with Crippen molar-refractivity contribution in [2.24, 2.45) is 0 Å². The molecule has 0 radical (unpaired) electrons. The van der Waals surface area contributed by atoms with Gasteiger partial charge < -0.3 is 14.6 Å². The summed E-state index contributed by atoms with van der Waals surface area (Å²) in [5, 5.41) is 1.01. The van der Waals surface area contributed by atoms with Gasteiger partial charge in [0.25, 0.3) is 6.43 Å². The van der Waals surface area contributed by atoms with E-state index in [9.17, 15) is 18.0 Å². The average Bonchev–Trinajstić information content (AvgIpc) is 3.10. The summed E-state index contributed by atoms with van der Waals surface area (Å²) in [6.07, 6.45) is 1.04. The zero-order valence-electron chi connectivity index (χ0n) is 15.5. The fourth-order valence-corrected chi connectivity index (χ4v) is 4.34. The van der Waals surface area contributed by atoms with Gasteiger partial charge in [-0.2, -0.15) is 0 Å². The van der Waals surface area contributed by atoms with Crippen molar-refractivity contribution in [3.8, 4) is 0 Å². The Hall–Kier alpha value is -2.06. The first-order valence-electron chi connectivity index (χ1n) is 9.68. The predicted octanol–water partition coefficient (Wildman–Crippen LogP) is 2.98. The SMILES string of the molecule is O=C(C1COCCN1CC(F)F)N1CCC(c2c[nH]c3cc(F)ccc23)CC1. The van der Waals surface area contributed by atoms with E-state index in [2.05, 4.69) is 4.98 Å². The lowest BCUT2D eigenvalue weighted by atomic mass is 9.89. The molecule has 1 amide bonds. The number of hydrogen-bond acceptors (Lipinski definition) is 3. The second-order valence-electron chi connectivity index (χ2n) is 7.51. The molecule has 1 aromatic carbocycles. The molecule has 0 bridgehead atoms. The molecule has 0 aliphatic carbocycles. The molecular weight excluding hydrogens is 371 g/mol. The van der Waals surface area contributed by atoms with Gasteiger partial charge in [-0.3, -0.25) is 9.69 Å². The number of morpholine rings is 1.